The third kappa shape index (κ3) is 6.83. The van der Waals surface area contributed by atoms with Crippen LogP contribution in [0.1, 0.15) is 41.3 Å². The number of amides is 1. The summed E-state index contributed by atoms with van der Waals surface area (Å²) in [7, 11) is 3.47. The molecule has 2 rings (SSSR count). The lowest BCUT2D eigenvalue weighted by Crippen LogP contribution is -2.38. The van der Waals surface area contributed by atoms with Crippen LogP contribution in [0, 0.1) is 11.6 Å². The third-order valence-corrected chi connectivity index (χ3v) is 4.67. The lowest BCUT2D eigenvalue weighted by Gasteiger charge is -2.14. The van der Waals surface area contributed by atoms with Crippen molar-refractivity contribution in [3.8, 4) is 0 Å². The summed E-state index contributed by atoms with van der Waals surface area (Å²) >= 11 is 0. The fourth-order valence-corrected chi connectivity index (χ4v) is 2.94. The fourth-order valence-electron chi connectivity index (χ4n) is 2.94. The zero-order chi connectivity index (χ0) is 22.1. The molecule has 0 fully saturated rings. The van der Waals surface area contributed by atoms with Crippen molar-refractivity contribution in [3.63, 3.8) is 0 Å². The van der Waals surface area contributed by atoms with Crippen LogP contribution in [-0.2, 0) is 6.42 Å². The van der Waals surface area contributed by atoms with E-state index in [2.05, 4.69) is 15.6 Å². The van der Waals surface area contributed by atoms with Gasteiger partial charge in [-0.05, 0) is 48.7 Å². The van der Waals surface area contributed by atoms with Gasteiger partial charge in [0, 0.05) is 45.2 Å². The highest BCUT2D eigenvalue weighted by molar-refractivity contribution is 5.94. The molecule has 0 aliphatic rings. The van der Waals surface area contributed by atoms with Crippen molar-refractivity contribution in [2.75, 3.05) is 33.7 Å². The maximum Gasteiger partial charge on any atom is 0.253 e. The van der Waals surface area contributed by atoms with Gasteiger partial charge in [-0.25, -0.2) is 8.78 Å². The number of hydrogen-bond acceptors (Lipinski definition) is 2. The van der Waals surface area contributed by atoms with Crippen molar-refractivity contribution >= 4 is 11.9 Å². The van der Waals surface area contributed by atoms with Gasteiger partial charge in [-0.3, -0.25) is 9.79 Å². The Bertz CT molecular complexity index is 883. The number of nitrogens with one attached hydrogen (secondary N) is 2. The maximum atomic E-state index is 13.5. The van der Waals surface area contributed by atoms with E-state index in [0.29, 0.717) is 36.7 Å². The number of benzene rings is 2. The number of carbonyl (C=O) groups excluding carboxylic acids is 1. The van der Waals surface area contributed by atoms with Crippen molar-refractivity contribution in [1.29, 1.82) is 0 Å². The van der Waals surface area contributed by atoms with Crippen LogP contribution in [0.25, 0.3) is 0 Å². The first-order valence-corrected chi connectivity index (χ1v) is 10.1. The predicted molar refractivity (Wildman–Crippen MR) is 117 cm³/mol. The normalized spacial score (nSPS) is 12.4. The molecule has 0 aliphatic heterocycles. The van der Waals surface area contributed by atoms with E-state index in [0.717, 1.165) is 18.1 Å². The minimum Gasteiger partial charge on any atom is -0.357 e. The van der Waals surface area contributed by atoms with Crippen LogP contribution in [0.2, 0.25) is 0 Å². The molecule has 5 nitrogen and oxygen atoms in total. The van der Waals surface area contributed by atoms with Crippen molar-refractivity contribution in [2.24, 2.45) is 4.99 Å². The Morgan fingerprint density at radius 3 is 2.53 bits per heavy atom. The second-order valence-electron chi connectivity index (χ2n) is 7.37. The molecule has 0 heterocycles. The smallest absolute Gasteiger partial charge is 0.253 e. The standard InChI is InChI=1S/C23H30F2N4O/c1-5-26-23(28-15-16(2)18-9-10-20(24)21(25)14-18)27-12-11-17-7-6-8-19(13-17)22(30)29(3)4/h6-10,13-14,16H,5,11-12,15H2,1-4H3,(H2,26,27,28). The van der Waals surface area contributed by atoms with Gasteiger partial charge in [0.1, 0.15) is 0 Å². The molecule has 2 N–H and O–H groups in total. The van der Waals surface area contributed by atoms with Crippen molar-refractivity contribution in [3.05, 3.63) is 70.8 Å². The Hall–Kier alpha value is -2.96. The van der Waals surface area contributed by atoms with E-state index in [-0.39, 0.29) is 11.8 Å². The molecule has 0 spiro atoms. The molecule has 0 aliphatic carbocycles. The largest absolute Gasteiger partial charge is 0.357 e. The summed E-state index contributed by atoms with van der Waals surface area (Å²) in [5.74, 6) is -1.10. The Balaban J connectivity index is 1.94. The molecule has 0 aromatic heterocycles. The Kier molecular flexibility index (Phi) is 8.77. The van der Waals surface area contributed by atoms with Gasteiger partial charge >= 0.3 is 0 Å². The maximum absolute atomic E-state index is 13.5. The quantitative estimate of drug-likeness (QED) is 0.511. The third-order valence-electron chi connectivity index (χ3n) is 4.67. The molecular formula is C23H30F2N4O. The zero-order valence-electron chi connectivity index (χ0n) is 18.0. The Morgan fingerprint density at radius 2 is 1.87 bits per heavy atom. The van der Waals surface area contributed by atoms with Crippen LogP contribution in [0.15, 0.2) is 47.5 Å². The lowest BCUT2D eigenvalue weighted by molar-refractivity contribution is 0.0827. The van der Waals surface area contributed by atoms with Crippen LogP contribution in [0.5, 0.6) is 0 Å². The highest BCUT2D eigenvalue weighted by Crippen LogP contribution is 2.18. The average Bonchev–Trinajstić information content (AvgIpc) is 2.73. The molecule has 0 saturated heterocycles. The van der Waals surface area contributed by atoms with E-state index in [4.69, 9.17) is 0 Å². The molecular weight excluding hydrogens is 386 g/mol. The van der Waals surface area contributed by atoms with E-state index in [1.165, 1.54) is 6.07 Å². The Morgan fingerprint density at radius 1 is 1.10 bits per heavy atom. The molecule has 0 radical (unpaired) electrons. The van der Waals surface area contributed by atoms with E-state index >= 15 is 0 Å². The van der Waals surface area contributed by atoms with Gasteiger partial charge in [0.2, 0.25) is 0 Å². The van der Waals surface area contributed by atoms with E-state index in [1.807, 2.05) is 38.1 Å². The van der Waals surface area contributed by atoms with Crippen LogP contribution in [-0.4, -0.2) is 50.5 Å². The van der Waals surface area contributed by atoms with Crippen molar-refractivity contribution in [2.45, 2.75) is 26.2 Å². The number of guanidine groups is 1. The van der Waals surface area contributed by atoms with Crippen molar-refractivity contribution in [1.82, 2.24) is 15.5 Å². The Labute approximate surface area is 177 Å². The van der Waals surface area contributed by atoms with Gasteiger partial charge in [0.15, 0.2) is 17.6 Å². The first-order valence-electron chi connectivity index (χ1n) is 10.1. The summed E-state index contributed by atoms with van der Waals surface area (Å²) in [6.45, 7) is 5.69. The van der Waals surface area contributed by atoms with E-state index in [1.54, 1.807) is 25.1 Å². The first-order chi connectivity index (χ1) is 14.3. The van der Waals surface area contributed by atoms with Gasteiger partial charge in [-0.1, -0.05) is 25.1 Å². The SMILES string of the molecule is CCNC(=NCC(C)c1ccc(F)c(F)c1)NCCc1cccc(C(=O)N(C)C)c1. The summed E-state index contributed by atoms with van der Waals surface area (Å²) in [4.78, 5) is 18.2. The summed E-state index contributed by atoms with van der Waals surface area (Å²) in [5, 5.41) is 6.46. The monoisotopic (exact) mass is 416 g/mol. The molecule has 0 bridgehead atoms. The lowest BCUT2D eigenvalue weighted by atomic mass is 10.0. The highest BCUT2D eigenvalue weighted by atomic mass is 19.2. The van der Waals surface area contributed by atoms with Crippen LogP contribution >= 0.6 is 0 Å². The molecule has 2 aromatic rings. The zero-order valence-corrected chi connectivity index (χ0v) is 18.0. The van der Waals surface area contributed by atoms with E-state index < -0.39 is 11.6 Å². The number of halogens is 2. The van der Waals surface area contributed by atoms with Gasteiger partial charge in [-0.15, -0.1) is 0 Å². The topological polar surface area (TPSA) is 56.7 Å². The molecule has 2 aromatic carbocycles. The van der Waals surface area contributed by atoms with E-state index in [9.17, 15) is 13.6 Å². The van der Waals surface area contributed by atoms with Gasteiger partial charge in [0.25, 0.3) is 5.91 Å². The van der Waals surface area contributed by atoms with Crippen LogP contribution in [0.3, 0.4) is 0 Å². The molecule has 1 atom stereocenters. The summed E-state index contributed by atoms with van der Waals surface area (Å²) in [6, 6.07) is 11.5. The number of nitrogens with zero attached hydrogens (tertiary/aromatic N) is 2. The predicted octanol–water partition coefficient (Wildman–Crippen LogP) is 3.57. The van der Waals surface area contributed by atoms with Crippen LogP contribution < -0.4 is 10.6 Å². The summed E-state index contributed by atoms with van der Waals surface area (Å²) in [5.41, 5.74) is 2.43. The summed E-state index contributed by atoms with van der Waals surface area (Å²) < 4.78 is 26.6. The molecule has 162 valence electrons. The minimum absolute atomic E-state index is 0.0223. The second-order valence-corrected chi connectivity index (χ2v) is 7.37. The van der Waals surface area contributed by atoms with Crippen molar-refractivity contribution < 1.29 is 13.6 Å². The molecule has 1 unspecified atom stereocenters. The second kappa shape index (κ2) is 11.3. The number of aliphatic imine (C=N–C) groups is 1. The average molecular weight is 417 g/mol. The number of rotatable bonds is 8. The van der Waals surface area contributed by atoms with Gasteiger partial charge in [0.05, 0.1) is 0 Å². The molecule has 1 amide bonds. The molecule has 7 heteroatoms. The minimum atomic E-state index is -0.846. The first kappa shape index (κ1) is 23.3. The number of carbonyl (C=O) groups is 1. The highest BCUT2D eigenvalue weighted by Gasteiger charge is 2.10. The fraction of sp³-hybridized carbons (Fsp3) is 0.391. The summed E-state index contributed by atoms with van der Waals surface area (Å²) in [6.07, 6.45) is 0.734. The molecule has 30 heavy (non-hydrogen) atoms. The van der Waals surface area contributed by atoms with Crippen LogP contribution in [0.4, 0.5) is 8.78 Å². The number of hydrogen-bond donors (Lipinski definition) is 2. The van der Waals surface area contributed by atoms with Gasteiger partial charge < -0.3 is 15.5 Å². The van der Waals surface area contributed by atoms with Gasteiger partial charge in [-0.2, -0.15) is 0 Å². The molecule has 0 saturated carbocycles.